The van der Waals surface area contributed by atoms with Gasteiger partial charge in [0.25, 0.3) is 0 Å². The van der Waals surface area contributed by atoms with Gasteiger partial charge < -0.3 is 9.47 Å². The maximum atomic E-state index is 14.4. The van der Waals surface area contributed by atoms with Gasteiger partial charge in [-0.2, -0.15) is 0 Å². The smallest absolute Gasteiger partial charge is 0.200 e. The normalized spacial score (nSPS) is 12.2. The minimum Gasteiger partial charge on any atom is -0.467 e. The summed E-state index contributed by atoms with van der Waals surface area (Å²) in [4.78, 5) is 0. The molecule has 0 saturated carbocycles. The van der Waals surface area contributed by atoms with E-state index in [9.17, 15) is 22.0 Å². The zero-order valence-corrected chi connectivity index (χ0v) is 18.0. The molecule has 160 valence electrons. The zero-order chi connectivity index (χ0) is 21.9. The van der Waals surface area contributed by atoms with Gasteiger partial charge in [0.2, 0.25) is 5.82 Å². The van der Waals surface area contributed by atoms with Crippen LogP contribution in [0.4, 0.5) is 22.0 Å². The molecule has 29 heavy (non-hydrogen) atoms. The highest BCUT2D eigenvalue weighted by Crippen LogP contribution is 2.51. The molecule has 0 saturated heterocycles. The molecule has 1 atom stereocenters. The second-order valence-electron chi connectivity index (χ2n) is 6.87. The molecule has 0 aliphatic carbocycles. The van der Waals surface area contributed by atoms with Crippen LogP contribution in [0.15, 0.2) is 12.1 Å². The fourth-order valence-corrected chi connectivity index (χ4v) is 5.04. The van der Waals surface area contributed by atoms with E-state index in [0.29, 0.717) is 24.2 Å². The number of methoxy groups -OCH3 is 1. The zero-order valence-electron chi connectivity index (χ0n) is 17.0. The molecule has 2 aromatic carbocycles. The van der Waals surface area contributed by atoms with E-state index in [1.807, 2.05) is 39.8 Å². The predicted molar refractivity (Wildman–Crippen MR) is 105 cm³/mol. The van der Waals surface area contributed by atoms with Crippen LogP contribution in [0.2, 0.25) is 0 Å². The summed E-state index contributed by atoms with van der Waals surface area (Å²) in [6.45, 7) is 7.31. The molecule has 0 fully saturated rings. The quantitative estimate of drug-likeness (QED) is 0.167. The van der Waals surface area contributed by atoms with E-state index in [1.54, 1.807) is 0 Å². The van der Waals surface area contributed by atoms with Gasteiger partial charge >= 0.3 is 0 Å². The fraction of sp³-hybridized carbons (Fsp3) is 0.429. The molecule has 2 nitrogen and oxygen atoms in total. The predicted octanol–water partition coefficient (Wildman–Crippen LogP) is 6.00. The minimum absolute atomic E-state index is 0.0357. The number of hydrogen-bond donors (Lipinski definition) is 0. The number of halogens is 5. The standard InChI is InChI=1S/C21H24F5O2P/c1-6-21(7-2,13-9-11(3)8-12(4)19(13)28-10-27-5)29-20-17(25)15(23)14(22)16(24)18(20)26/h8-9,29H,6-7,10H2,1-5H3. The molecular weight excluding hydrogens is 410 g/mol. The van der Waals surface area contributed by atoms with Crippen LogP contribution >= 0.6 is 8.58 Å². The van der Waals surface area contributed by atoms with E-state index < -0.39 is 48.1 Å². The van der Waals surface area contributed by atoms with Crippen molar-refractivity contribution in [3.8, 4) is 5.75 Å². The highest BCUT2D eigenvalue weighted by atomic mass is 31.1. The third kappa shape index (κ3) is 4.41. The van der Waals surface area contributed by atoms with E-state index in [-0.39, 0.29) is 6.79 Å². The first-order chi connectivity index (χ1) is 13.6. The lowest BCUT2D eigenvalue weighted by Gasteiger charge is -2.35. The fourth-order valence-electron chi connectivity index (χ4n) is 3.45. The van der Waals surface area contributed by atoms with E-state index in [4.69, 9.17) is 9.47 Å². The second-order valence-corrected chi connectivity index (χ2v) is 8.58. The number of ether oxygens (including phenoxy) is 2. The van der Waals surface area contributed by atoms with Crippen molar-refractivity contribution in [1.82, 2.24) is 0 Å². The van der Waals surface area contributed by atoms with Gasteiger partial charge in [0.15, 0.2) is 30.1 Å². The molecule has 2 aromatic rings. The third-order valence-electron chi connectivity index (χ3n) is 5.04. The molecule has 0 aliphatic rings. The summed E-state index contributed by atoms with van der Waals surface area (Å²) in [5.74, 6) is -9.07. The van der Waals surface area contributed by atoms with Crippen LogP contribution in [0.25, 0.3) is 0 Å². The number of aryl methyl sites for hydroxylation is 2. The molecule has 0 aromatic heterocycles. The molecule has 2 rings (SSSR count). The van der Waals surface area contributed by atoms with Crippen molar-refractivity contribution in [2.75, 3.05) is 13.9 Å². The monoisotopic (exact) mass is 434 g/mol. The lowest BCUT2D eigenvalue weighted by atomic mass is 9.89. The Labute approximate surface area is 169 Å². The van der Waals surface area contributed by atoms with Crippen molar-refractivity contribution in [3.63, 3.8) is 0 Å². The van der Waals surface area contributed by atoms with Crippen molar-refractivity contribution < 1.29 is 31.4 Å². The Bertz CT molecular complexity index is 868. The van der Waals surface area contributed by atoms with Gasteiger partial charge in [-0.05, 0) is 32.3 Å². The molecule has 0 spiro atoms. The number of hydrogen-bond acceptors (Lipinski definition) is 2. The Morgan fingerprint density at radius 3 is 1.86 bits per heavy atom. The average molecular weight is 434 g/mol. The van der Waals surface area contributed by atoms with E-state index in [0.717, 1.165) is 11.1 Å². The molecular formula is C21H24F5O2P. The summed E-state index contributed by atoms with van der Waals surface area (Å²) >= 11 is 0. The Balaban J connectivity index is 2.72. The third-order valence-corrected chi connectivity index (χ3v) is 7.18. The summed E-state index contributed by atoms with van der Waals surface area (Å²) < 4.78 is 80.6. The van der Waals surface area contributed by atoms with Gasteiger partial charge in [-0.25, -0.2) is 22.0 Å². The first-order valence-corrected chi connectivity index (χ1v) is 10.2. The molecule has 1 unspecified atom stereocenters. The maximum absolute atomic E-state index is 14.4. The van der Waals surface area contributed by atoms with Crippen molar-refractivity contribution in [2.24, 2.45) is 0 Å². The van der Waals surface area contributed by atoms with Crippen molar-refractivity contribution >= 4 is 13.9 Å². The Morgan fingerprint density at radius 1 is 0.862 bits per heavy atom. The summed E-state index contributed by atoms with van der Waals surface area (Å²) in [7, 11) is 0.772. The van der Waals surface area contributed by atoms with Crippen LogP contribution in [0.3, 0.4) is 0 Å². The van der Waals surface area contributed by atoms with Crippen LogP contribution in [0.5, 0.6) is 5.75 Å². The summed E-state index contributed by atoms with van der Waals surface area (Å²) in [6.07, 6.45) is 0.821. The highest BCUT2D eigenvalue weighted by Gasteiger charge is 2.37. The molecule has 0 bridgehead atoms. The Hall–Kier alpha value is -1.72. The van der Waals surface area contributed by atoms with Gasteiger partial charge in [-0.3, -0.25) is 0 Å². The summed E-state index contributed by atoms with van der Waals surface area (Å²) in [5.41, 5.74) is 2.36. The van der Waals surface area contributed by atoms with Gasteiger partial charge in [0.1, 0.15) is 5.75 Å². The SMILES string of the molecule is CCC(CC)(Pc1c(F)c(F)c(F)c(F)c1F)c1cc(C)cc(C)c1OCOC. The largest absolute Gasteiger partial charge is 0.467 e. The Kier molecular flexibility index (Phi) is 7.63. The van der Waals surface area contributed by atoms with Crippen molar-refractivity contribution in [1.29, 1.82) is 0 Å². The second kappa shape index (κ2) is 9.40. The van der Waals surface area contributed by atoms with E-state index >= 15 is 0 Å². The topological polar surface area (TPSA) is 18.5 Å². The summed E-state index contributed by atoms with van der Waals surface area (Å²) in [5, 5.41) is -1.67. The summed E-state index contributed by atoms with van der Waals surface area (Å²) in [6, 6.07) is 3.73. The van der Waals surface area contributed by atoms with Gasteiger partial charge in [-0.15, -0.1) is 0 Å². The Morgan fingerprint density at radius 2 is 1.38 bits per heavy atom. The van der Waals surface area contributed by atoms with Gasteiger partial charge in [-0.1, -0.05) is 40.1 Å². The average Bonchev–Trinajstić information content (AvgIpc) is 2.70. The maximum Gasteiger partial charge on any atom is 0.200 e. The van der Waals surface area contributed by atoms with Crippen LogP contribution in [0, 0.1) is 42.9 Å². The van der Waals surface area contributed by atoms with Crippen LogP contribution < -0.4 is 10.0 Å². The first kappa shape index (κ1) is 23.6. The molecule has 0 radical (unpaired) electrons. The molecule has 8 heteroatoms. The van der Waals surface area contributed by atoms with Crippen LogP contribution in [-0.2, 0) is 9.89 Å². The lowest BCUT2D eigenvalue weighted by molar-refractivity contribution is 0.0494. The first-order valence-electron chi connectivity index (χ1n) is 9.16. The molecule has 0 N–H and O–H groups in total. The van der Waals surface area contributed by atoms with Crippen LogP contribution in [-0.4, -0.2) is 13.9 Å². The minimum atomic E-state index is -2.15. The van der Waals surface area contributed by atoms with Crippen molar-refractivity contribution in [3.05, 3.63) is 57.9 Å². The molecule has 0 amide bonds. The van der Waals surface area contributed by atoms with Gasteiger partial charge in [0, 0.05) is 17.8 Å². The highest BCUT2D eigenvalue weighted by molar-refractivity contribution is 7.48. The number of rotatable bonds is 8. The van der Waals surface area contributed by atoms with E-state index in [2.05, 4.69) is 0 Å². The molecule has 0 aliphatic heterocycles. The lowest BCUT2D eigenvalue weighted by Crippen LogP contribution is -2.27. The molecule has 0 heterocycles. The van der Waals surface area contributed by atoms with Crippen molar-refractivity contribution in [2.45, 2.75) is 45.7 Å². The van der Waals surface area contributed by atoms with Gasteiger partial charge in [0.05, 0.1) is 5.30 Å². The van der Waals surface area contributed by atoms with Crippen LogP contribution in [0.1, 0.15) is 43.4 Å². The number of benzene rings is 2. The van der Waals surface area contributed by atoms with E-state index in [1.165, 1.54) is 7.11 Å².